The lowest BCUT2D eigenvalue weighted by Gasteiger charge is -2.08. The number of hydrogen-bond donors (Lipinski definition) is 1. The predicted molar refractivity (Wildman–Crippen MR) is 92.7 cm³/mol. The van der Waals surface area contributed by atoms with Crippen molar-refractivity contribution in [3.8, 4) is 5.69 Å². The molecular weight excluding hydrogens is 357 g/mol. The molecule has 0 bridgehead atoms. The summed E-state index contributed by atoms with van der Waals surface area (Å²) in [5.74, 6) is 0.839. The normalized spacial score (nSPS) is 13.0. The van der Waals surface area contributed by atoms with Gasteiger partial charge in [-0.25, -0.2) is 9.07 Å². The van der Waals surface area contributed by atoms with Crippen molar-refractivity contribution >= 4 is 21.7 Å². The summed E-state index contributed by atoms with van der Waals surface area (Å²) in [4.78, 5) is 0. The van der Waals surface area contributed by atoms with Crippen LogP contribution in [0, 0.1) is 5.82 Å². The minimum atomic E-state index is -0.178. The molecule has 3 nitrogen and oxygen atoms in total. The molecule has 4 rings (SSSR count). The van der Waals surface area contributed by atoms with Gasteiger partial charge in [-0.2, -0.15) is 5.10 Å². The van der Waals surface area contributed by atoms with Crippen molar-refractivity contribution in [3.05, 3.63) is 75.6 Å². The molecule has 1 N–H and O–H groups in total. The second-order valence-electron chi connectivity index (χ2n) is 5.58. The zero-order valence-electron chi connectivity index (χ0n) is 12.4. The van der Waals surface area contributed by atoms with Crippen molar-refractivity contribution in [1.82, 2.24) is 9.78 Å². The maximum Gasteiger partial charge on any atom is 0.133 e. The molecule has 23 heavy (non-hydrogen) atoms. The highest BCUT2D eigenvalue weighted by molar-refractivity contribution is 9.10. The number of para-hydroxylation sites is 1. The maximum absolute atomic E-state index is 14.0. The molecule has 1 aliphatic rings. The van der Waals surface area contributed by atoms with E-state index in [0.29, 0.717) is 12.0 Å². The van der Waals surface area contributed by atoms with Crippen molar-refractivity contribution < 1.29 is 4.39 Å². The second kappa shape index (κ2) is 5.81. The number of fused-ring (bicyclic) bond motifs is 1. The molecule has 0 atom stereocenters. The maximum atomic E-state index is 14.0. The molecule has 0 saturated carbocycles. The summed E-state index contributed by atoms with van der Waals surface area (Å²) >= 11 is 3.58. The van der Waals surface area contributed by atoms with Crippen LogP contribution in [0.15, 0.2) is 53.0 Å². The summed E-state index contributed by atoms with van der Waals surface area (Å²) < 4.78 is 16.9. The first-order valence-corrected chi connectivity index (χ1v) is 8.36. The molecule has 0 aliphatic carbocycles. The smallest absolute Gasteiger partial charge is 0.133 e. The van der Waals surface area contributed by atoms with Gasteiger partial charge in [0.1, 0.15) is 11.6 Å². The first-order valence-electron chi connectivity index (χ1n) is 7.57. The molecular formula is C18H15BrFN3. The molecule has 2 heterocycles. The Morgan fingerprint density at radius 3 is 2.74 bits per heavy atom. The van der Waals surface area contributed by atoms with Crippen LogP contribution in [0.5, 0.6) is 0 Å². The van der Waals surface area contributed by atoms with Crippen molar-refractivity contribution in [2.75, 3.05) is 11.9 Å². The molecule has 0 amide bonds. The Balaban J connectivity index is 1.80. The third-order valence-electron chi connectivity index (χ3n) is 4.13. The van der Waals surface area contributed by atoms with Gasteiger partial charge in [-0.15, -0.1) is 0 Å². The molecule has 116 valence electrons. The van der Waals surface area contributed by atoms with E-state index in [-0.39, 0.29) is 5.82 Å². The van der Waals surface area contributed by atoms with E-state index in [1.807, 2.05) is 41.1 Å². The van der Waals surface area contributed by atoms with Crippen LogP contribution in [-0.4, -0.2) is 16.3 Å². The van der Waals surface area contributed by atoms with Crippen LogP contribution < -0.4 is 5.32 Å². The quantitative estimate of drug-likeness (QED) is 0.742. The van der Waals surface area contributed by atoms with Crippen LogP contribution in [0.25, 0.3) is 5.69 Å². The Kier molecular flexibility index (Phi) is 3.65. The monoisotopic (exact) mass is 371 g/mol. The molecule has 0 saturated heterocycles. The Labute approximate surface area is 142 Å². The van der Waals surface area contributed by atoms with Gasteiger partial charge in [0.2, 0.25) is 0 Å². The van der Waals surface area contributed by atoms with Crippen LogP contribution in [0.3, 0.4) is 0 Å². The summed E-state index contributed by atoms with van der Waals surface area (Å²) in [6, 6.07) is 14.9. The van der Waals surface area contributed by atoms with Crippen molar-refractivity contribution in [2.24, 2.45) is 0 Å². The van der Waals surface area contributed by atoms with E-state index in [9.17, 15) is 4.39 Å². The predicted octanol–water partition coefficient (Wildman–Crippen LogP) is 4.33. The topological polar surface area (TPSA) is 29.9 Å². The summed E-state index contributed by atoms with van der Waals surface area (Å²) in [6.45, 7) is 0.891. The van der Waals surface area contributed by atoms with Crippen LogP contribution >= 0.6 is 15.9 Å². The number of rotatable bonds is 3. The Bertz CT molecular complexity index is 872. The summed E-state index contributed by atoms with van der Waals surface area (Å²) in [5.41, 5.74) is 3.78. The zero-order chi connectivity index (χ0) is 15.8. The van der Waals surface area contributed by atoms with Gasteiger partial charge in [0.15, 0.2) is 0 Å². The van der Waals surface area contributed by atoms with Crippen LogP contribution in [0.2, 0.25) is 0 Å². The minimum absolute atomic E-state index is 0.178. The fourth-order valence-corrected chi connectivity index (χ4v) is 3.46. The Morgan fingerprint density at radius 1 is 1.13 bits per heavy atom. The second-order valence-corrected chi connectivity index (χ2v) is 6.44. The van der Waals surface area contributed by atoms with E-state index in [0.717, 1.165) is 34.6 Å². The van der Waals surface area contributed by atoms with E-state index < -0.39 is 0 Å². The highest BCUT2D eigenvalue weighted by Gasteiger charge is 2.24. The number of hydrogen-bond acceptors (Lipinski definition) is 2. The van der Waals surface area contributed by atoms with Crippen LogP contribution in [0.1, 0.15) is 16.8 Å². The van der Waals surface area contributed by atoms with Gasteiger partial charge in [0.25, 0.3) is 0 Å². The fourth-order valence-electron chi connectivity index (χ4n) is 3.01. The fraction of sp³-hybridized carbons (Fsp3) is 0.167. The summed E-state index contributed by atoms with van der Waals surface area (Å²) in [7, 11) is 0. The third kappa shape index (κ3) is 2.55. The van der Waals surface area contributed by atoms with E-state index in [2.05, 4.69) is 21.2 Å². The first-order chi connectivity index (χ1) is 11.2. The molecule has 0 unspecified atom stereocenters. The number of aromatic nitrogens is 2. The van der Waals surface area contributed by atoms with E-state index in [1.165, 1.54) is 11.6 Å². The largest absolute Gasteiger partial charge is 0.369 e. The van der Waals surface area contributed by atoms with Gasteiger partial charge in [-0.3, -0.25) is 0 Å². The van der Waals surface area contributed by atoms with E-state index >= 15 is 0 Å². The molecule has 0 fully saturated rings. The molecule has 0 spiro atoms. The Hall–Kier alpha value is -2.14. The van der Waals surface area contributed by atoms with Crippen LogP contribution in [-0.2, 0) is 12.8 Å². The molecule has 1 aliphatic heterocycles. The highest BCUT2D eigenvalue weighted by Crippen LogP contribution is 2.32. The number of halogens is 2. The lowest BCUT2D eigenvalue weighted by atomic mass is 10.1. The molecule has 5 heteroatoms. The lowest BCUT2D eigenvalue weighted by Crippen LogP contribution is -2.06. The SMILES string of the molecule is Fc1ccccc1Cc1nn(-c2ccccc2Br)c2c1CCN2. The molecule has 2 aromatic carbocycles. The zero-order valence-corrected chi connectivity index (χ0v) is 14.0. The third-order valence-corrected chi connectivity index (χ3v) is 4.80. The van der Waals surface area contributed by atoms with Crippen molar-refractivity contribution in [3.63, 3.8) is 0 Å². The van der Waals surface area contributed by atoms with E-state index in [1.54, 1.807) is 6.07 Å². The van der Waals surface area contributed by atoms with Gasteiger partial charge in [0, 0.05) is 23.0 Å². The van der Waals surface area contributed by atoms with Crippen molar-refractivity contribution in [2.45, 2.75) is 12.8 Å². The Morgan fingerprint density at radius 2 is 1.91 bits per heavy atom. The average molecular weight is 372 g/mol. The van der Waals surface area contributed by atoms with Gasteiger partial charge in [-0.05, 0) is 46.1 Å². The number of nitrogens with zero attached hydrogens (tertiary/aromatic N) is 2. The molecule has 1 aromatic heterocycles. The highest BCUT2D eigenvalue weighted by atomic mass is 79.9. The summed E-state index contributed by atoms with van der Waals surface area (Å²) in [6.07, 6.45) is 1.43. The standard InChI is InChI=1S/C18H15BrFN3/c19-14-6-2-4-8-17(14)23-18-13(9-10-21-18)16(22-23)11-12-5-1-3-7-15(12)20/h1-8,21H,9-11H2. The lowest BCUT2D eigenvalue weighted by molar-refractivity contribution is 0.612. The van der Waals surface area contributed by atoms with Crippen LogP contribution in [0.4, 0.5) is 10.2 Å². The number of nitrogens with one attached hydrogen (secondary N) is 1. The minimum Gasteiger partial charge on any atom is -0.369 e. The van der Waals surface area contributed by atoms with Crippen molar-refractivity contribution in [1.29, 1.82) is 0 Å². The van der Waals surface area contributed by atoms with E-state index in [4.69, 9.17) is 5.10 Å². The number of benzene rings is 2. The van der Waals surface area contributed by atoms with Gasteiger partial charge in [-0.1, -0.05) is 30.3 Å². The van der Waals surface area contributed by atoms with Gasteiger partial charge in [0.05, 0.1) is 11.4 Å². The molecule has 0 radical (unpaired) electrons. The first kappa shape index (κ1) is 14.5. The van der Waals surface area contributed by atoms with Gasteiger partial charge < -0.3 is 5.32 Å². The number of anilines is 1. The average Bonchev–Trinajstić information content (AvgIpc) is 3.14. The van der Waals surface area contributed by atoms with Gasteiger partial charge >= 0.3 is 0 Å². The summed E-state index contributed by atoms with van der Waals surface area (Å²) in [5, 5.41) is 8.16. The molecule has 3 aromatic rings.